The molecule has 12 heteroatoms. The summed E-state index contributed by atoms with van der Waals surface area (Å²) >= 11 is 0. The van der Waals surface area contributed by atoms with Gasteiger partial charge in [0.15, 0.2) is 12.6 Å². The molecule has 1 amide bonds. The molecule has 2 aliphatic rings. The molecule has 12 nitrogen and oxygen atoms in total. The van der Waals surface area contributed by atoms with Crippen molar-refractivity contribution in [3.63, 3.8) is 0 Å². The monoisotopic (exact) mass is 411 g/mol. The van der Waals surface area contributed by atoms with Gasteiger partial charge in [0.2, 0.25) is 12.2 Å². The van der Waals surface area contributed by atoms with E-state index in [1.54, 1.807) is 6.92 Å². The number of hydrogen-bond acceptors (Lipinski definition) is 11. The van der Waals surface area contributed by atoms with E-state index >= 15 is 0 Å². The number of ether oxygens (including phenoxy) is 5. The molecule has 0 bridgehead atoms. The van der Waals surface area contributed by atoms with Crippen LogP contribution in [0.3, 0.4) is 0 Å². The third-order valence-corrected chi connectivity index (χ3v) is 4.67. The van der Waals surface area contributed by atoms with Crippen molar-refractivity contribution in [2.24, 2.45) is 0 Å². The summed E-state index contributed by atoms with van der Waals surface area (Å²) in [5.41, 5.74) is 0. The highest BCUT2D eigenvalue weighted by molar-refractivity contribution is 5.73. The molecular formula is C16H29NO11. The van der Waals surface area contributed by atoms with Gasteiger partial charge in [-0.25, -0.2) is 9.78 Å². The van der Waals surface area contributed by atoms with Gasteiger partial charge in [-0.3, -0.25) is 4.79 Å². The minimum atomic E-state index is -1.54. The predicted molar refractivity (Wildman–Crippen MR) is 89.4 cm³/mol. The highest BCUT2D eigenvalue weighted by Gasteiger charge is 2.51. The first-order chi connectivity index (χ1) is 13.2. The first-order valence-corrected chi connectivity index (χ1v) is 8.77. The zero-order valence-electron chi connectivity index (χ0n) is 16.4. The summed E-state index contributed by atoms with van der Waals surface area (Å²) < 4.78 is 27.1. The lowest BCUT2D eigenvalue weighted by Gasteiger charge is -2.47. The molecule has 0 aromatic rings. The standard InChI is InChI=1S/C16H29NO11/c1-6-9(19)12(8(17-7(2)18)14(23-4)25-6)26-15-11(21)10(20)13(22-3)16(27-15)28-24-5/h6,8-16,19-21H,1-5H3,(H,17,18)/t6?,8-,9+,10?,11-,12?,13-,14?,15?,16?/m0/s1. The maximum Gasteiger partial charge on any atom is 0.222 e. The van der Waals surface area contributed by atoms with Crippen molar-refractivity contribution < 1.29 is 53.6 Å². The van der Waals surface area contributed by atoms with Crippen molar-refractivity contribution in [1.82, 2.24) is 5.32 Å². The van der Waals surface area contributed by atoms with Gasteiger partial charge in [0.25, 0.3) is 0 Å². The highest BCUT2D eigenvalue weighted by Crippen LogP contribution is 2.30. The Labute approximate surface area is 162 Å². The molecule has 10 atom stereocenters. The SMILES string of the molecule is COOC1OC(OC2[C@H](O)C(C)OC(OC)[C@H]2NC(C)=O)[C@@H](O)C(O)[C@@H]1OC. The van der Waals surface area contributed by atoms with E-state index in [-0.39, 0.29) is 0 Å². The maximum atomic E-state index is 11.6. The largest absolute Gasteiger partial charge is 0.388 e. The summed E-state index contributed by atoms with van der Waals surface area (Å²) in [6.07, 6.45) is -10.6. The van der Waals surface area contributed by atoms with Crippen LogP contribution < -0.4 is 5.32 Å². The van der Waals surface area contributed by atoms with Crippen molar-refractivity contribution in [2.45, 2.75) is 75.4 Å². The molecule has 28 heavy (non-hydrogen) atoms. The van der Waals surface area contributed by atoms with E-state index in [4.69, 9.17) is 28.6 Å². The molecule has 2 saturated heterocycles. The van der Waals surface area contributed by atoms with Gasteiger partial charge >= 0.3 is 0 Å². The number of carbonyl (C=O) groups excluding carboxylic acids is 1. The van der Waals surface area contributed by atoms with Crippen LogP contribution in [0.4, 0.5) is 0 Å². The van der Waals surface area contributed by atoms with Crippen LogP contribution >= 0.6 is 0 Å². The minimum Gasteiger partial charge on any atom is -0.388 e. The fourth-order valence-corrected chi connectivity index (χ4v) is 3.26. The first-order valence-electron chi connectivity index (χ1n) is 8.77. The number of hydrogen-bond donors (Lipinski definition) is 4. The van der Waals surface area contributed by atoms with Crippen LogP contribution in [-0.4, -0.2) is 104 Å². The average Bonchev–Trinajstić information content (AvgIpc) is 2.65. The van der Waals surface area contributed by atoms with Gasteiger partial charge < -0.3 is 44.3 Å². The molecule has 2 heterocycles. The van der Waals surface area contributed by atoms with E-state index in [0.717, 1.165) is 0 Å². The second kappa shape index (κ2) is 10.2. The molecule has 0 spiro atoms. The zero-order valence-corrected chi connectivity index (χ0v) is 16.4. The van der Waals surface area contributed by atoms with Crippen LogP contribution in [0.2, 0.25) is 0 Å². The molecule has 2 aliphatic heterocycles. The van der Waals surface area contributed by atoms with E-state index in [1.165, 1.54) is 28.3 Å². The number of aliphatic hydroxyl groups excluding tert-OH is 3. The molecule has 0 saturated carbocycles. The smallest absolute Gasteiger partial charge is 0.222 e. The fourth-order valence-electron chi connectivity index (χ4n) is 3.26. The molecule has 0 aromatic carbocycles. The molecule has 2 fully saturated rings. The Morgan fingerprint density at radius 1 is 0.893 bits per heavy atom. The van der Waals surface area contributed by atoms with E-state index in [9.17, 15) is 20.1 Å². The molecule has 4 N–H and O–H groups in total. The molecule has 0 radical (unpaired) electrons. The Balaban J connectivity index is 2.23. The Morgan fingerprint density at radius 2 is 1.57 bits per heavy atom. The third kappa shape index (κ3) is 4.97. The lowest BCUT2D eigenvalue weighted by molar-refractivity contribution is -0.444. The Morgan fingerprint density at radius 3 is 2.11 bits per heavy atom. The van der Waals surface area contributed by atoms with Gasteiger partial charge in [-0.15, -0.1) is 0 Å². The van der Waals surface area contributed by atoms with Crippen molar-refractivity contribution in [2.75, 3.05) is 21.3 Å². The van der Waals surface area contributed by atoms with E-state index in [1.807, 2.05) is 0 Å². The number of nitrogens with one attached hydrogen (secondary N) is 1. The fraction of sp³-hybridized carbons (Fsp3) is 0.938. The molecule has 0 aliphatic carbocycles. The lowest BCUT2D eigenvalue weighted by Crippen LogP contribution is -2.67. The number of carbonyl (C=O) groups is 1. The predicted octanol–water partition coefficient (Wildman–Crippen LogP) is -2.37. The van der Waals surface area contributed by atoms with Crippen molar-refractivity contribution in [3.05, 3.63) is 0 Å². The molecule has 164 valence electrons. The second-order valence-corrected chi connectivity index (χ2v) is 6.58. The van der Waals surface area contributed by atoms with Crippen molar-refractivity contribution >= 4 is 5.91 Å². The summed E-state index contributed by atoms with van der Waals surface area (Å²) in [5.74, 6) is -0.406. The lowest BCUT2D eigenvalue weighted by atomic mass is 9.96. The number of methoxy groups -OCH3 is 2. The molecule has 6 unspecified atom stereocenters. The second-order valence-electron chi connectivity index (χ2n) is 6.58. The van der Waals surface area contributed by atoms with Gasteiger partial charge in [0.05, 0.1) is 13.2 Å². The quantitative estimate of drug-likeness (QED) is 0.262. The van der Waals surface area contributed by atoms with E-state index < -0.39 is 67.4 Å². The Kier molecular flexibility index (Phi) is 8.51. The van der Waals surface area contributed by atoms with Crippen LogP contribution in [0.15, 0.2) is 0 Å². The van der Waals surface area contributed by atoms with Crippen molar-refractivity contribution in [1.29, 1.82) is 0 Å². The average molecular weight is 411 g/mol. The van der Waals surface area contributed by atoms with Crippen LogP contribution in [0, 0.1) is 0 Å². The normalized spacial score (nSPS) is 44.3. The number of rotatable bonds is 7. The van der Waals surface area contributed by atoms with Crippen LogP contribution in [0.25, 0.3) is 0 Å². The summed E-state index contributed by atoms with van der Waals surface area (Å²) in [5, 5.41) is 33.8. The highest BCUT2D eigenvalue weighted by atomic mass is 17.2. The summed E-state index contributed by atoms with van der Waals surface area (Å²) in [4.78, 5) is 21.1. The van der Waals surface area contributed by atoms with Crippen molar-refractivity contribution in [3.8, 4) is 0 Å². The third-order valence-electron chi connectivity index (χ3n) is 4.67. The van der Waals surface area contributed by atoms with Gasteiger partial charge in [0.1, 0.15) is 36.6 Å². The molecular weight excluding hydrogens is 382 g/mol. The molecule has 2 rings (SSSR count). The Bertz CT molecular complexity index is 509. The van der Waals surface area contributed by atoms with Gasteiger partial charge in [-0.1, -0.05) is 0 Å². The zero-order chi connectivity index (χ0) is 21.0. The summed E-state index contributed by atoms with van der Waals surface area (Å²) in [7, 11) is 3.92. The van der Waals surface area contributed by atoms with Gasteiger partial charge in [-0.2, -0.15) is 0 Å². The Hall–Kier alpha value is -0.930. The number of amides is 1. The van der Waals surface area contributed by atoms with Gasteiger partial charge in [0, 0.05) is 21.1 Å². The number of aliphatic hydroxyl groups is 3. The topological polar surface area (TPSA) is 154 Å². The van der Waals surface area contributed by atoms with Crippen LogP contribution in [-0.2, 0) is 38.3 Å². The molecule has 0 aromatic heterocycles. The maximum absolute atomic E-state index is 11.6. The summed E-state index contributed by atoms with van der Waals surface area (Å²) in [6, 6.07) is -0.913. The summed E-state index contributed by atoms with van der Waals surface area (Å²) in [6.45, 7) is 2.89. The van der Waals surface area contributed by atoms with Gasteiger partial charge in [-0.05, 0) is 6.92 Å². The first kappa shape index (κ1) is 23.3. The van der Waals surface area contributed by atoms with Crippen LogP contribution in [0.1, 0.15) is 13.8 Å². The van der Waals surface area contributed by atoms with E-state index in [2.05, 4.69) is 10.2 Å². The minimum absolute atomic E-state index is 0.406. The van der Waals surface area contributed by atoms with E-state index in [0.29, 0.717) is 0 Å². The van der Waals surface area contributed by atoms with Crippen LogP contribution in [0.5, 0.6) is 0 Å².